The first-order valence-corrected chi connectivity index (χ1v) is 5.35. The van der Waals surface area contributed by atoms with Gasteiger partial charge in [-0.2, -0.15) is 0 Å². The third kappa shape index (κ3) is 2.24. The molecule has 0 aliphatic carbocycles. The van der Waals surface area contributed by atoms with E-state index in [1.165, 1.54) is 5.39 Å². The highest BCUT2D eigenvalue weighted by atomic mass is 16.3. The Hall–Kier alpha value is -1.36. The molecule has 0 fully saturated rings. The summed E-state index contributed by atoms with van der Waals surface area (Å²) in [5.41, 5.74) is 2.26. The van der Waals surface area contributed by atoms with E-state index in [2.05, 4.69) is 10.3 Å². The van der Waals surface area contributed by atoms with Gasteiger partial charge >= 0.3 is 0 Å². The van der Waals surface area contributed by atoms with Gasteiger partial charge in [-0.05, 0) is 17.7 Å². The number of H-pyrrole nitrogens is 1. The summed E-state index contributed by atoms with van der Waals surface area (Å²) in [5, 5.41) is 22.2. The van der Waals surface area contributed by atoms with Gasteiger partial charge in [-0.1, -0.05) is 12.1 Å². The zero-order valence-electron chi connectivity index (χ0n) is 8.98. The molecule has 1 aromatic carbocycles. The highest BCUT2D eigenvalue weighted by Crippen LogP contribution is 2.17. The van der Waals surface area contributed by atoms with Crippen LogP contribution in [0.3, 0.4) is 0 Å². The second-order valence-electron chi connectivity index (χ2n) is 3.80. The highest BCUT2D eigenvalue weighted by Gasteiger charge is 2.06. The van der Waals surface area contributed by atoms with Gasteiger partial charge in [0.05, 0.1) is 19.3 Å². The van der Waals surface area contributed by atoms with Crippen LogP contribution in [0.4, 0.5) is 0 Å². The van der Waals surface area contributed by atoms with Gasteiger partial charge < -0.3 is 20.5 Å². The summed E-state index contributed by atoms with van der Waals surface area (Å²) in [6.07, 6.45) is 1.91. The average Bonchev–Trinajstić information content (AvgIpc) is 2.79. The van der Waals surface area contributed by atoms with Crippen LogP contribution >= 0.6 is 0 Å². The molecule has 0 bridgehead atoms. The Labute approximate surface area is 93.9 Å². The number of hydrogen-bond acceptors (Lipinski definition) is 3. The van der Waals surface area contributed by atoms with Gasteiger partial charge in [0.1, 0.15) is 0 Å². The predicted octanol–water partition coefficient (Wildman–Crippen LogP) is 0.611. The standard InChI is InChI=1S/C12H16N2O2/c15-7-10(8-16)14-6-9-2-1-3-12-11(9)4-5-13-12/h1-5,10,13-16H,6-8H2. The van der Waals surface area contributed by atoms with Crippen molar-refractivity contribution in [2.75, 3.05) is 13.2 Å². The van der Waals surface area contributed by atoms with E-state index in [9.17, 15) is 0 Å². The monoisotopic (exact) mass is 220 g/mol. The third-order valence-corrected chi connectivity index (χ3v) is 2.71. The fraction of sp³-hybridized carbons (Fsp3) is 0.333. The Morgan fingerprint density at radius 3 is 2.75 bits per heavy atom. The van der Waals surface area contributed by atoms with Gasteiger partial charge in [0.15, 0.2) is 0 Å². The molecule has 0 atom stereocenters. The van der Waals surface area contributed by atoms with E-state index in [1.807, 2.05) is 30.5 Å². The van der Waals surface area contributed by atoms with Crippen LogP contribution < -0.4 is 5.32 Å². The smallest absolute Gasteiger partial charge is 0.0607 e. The molecule has 4 heteroatoms. The quantitative estimate of drug-likeness (QED) is 0.597. The van der Waals surface area contributed by atoms with E-state index < -0.39 is 0 Å². The number of benzene rings is 1. The van der Waals surface area contributed by atoms with Gasteiger partial charge in [-0.3, -0.25) is 0 Å². The summed E-state index contributed by atoms with van der Waals surface area (Å²) >= 11 is 0. The summed E-state index contributed by atoms with van der Waals surface area (Å²) in [4.78, 5) is 3.15. The number of aliphatic hydroxyl groups is 2. The maximum atomic E-state index is 8.95. The minimum Gasteiger partial charge on any atom is -0.395 e. The Morgan fingerprint density at radius 2 is 2.00 bits per heavy atom. The molecule has 1 heterocycles. The van der Waals surface area contributed by atoms with Crippen molar-refractivity contribution in [3.8, 4) is 0 Å². The summed E-state index contributed by atoms with van der Waals surface area (Å²) in [5.74, 6) is 0. The molecule has 2 aromatic rings. The molecule has 0 spiro atoms. The van der Waals surface area contributed by atoms with Crippen LogP contribution in [0.1, 0.15) is 5.56 Å². The summed E-state index contributed by atoms with van der Waals surface area (Å²) < 4.78 is 0. The van der Waals surface area contributed by atoms with Crippen LogP contribution in [-0.2, 0) is 6.54 Å². The Bertz CT molecular complexity index is 449. The maximum absolute atomic E-state index is 8.95. The lowest BCUT2D eigenvalue weighted by molar-refractivity contribution is 0.170. The van der Waals surface area contributed by atoms with Gasteiger partial charge in [0.25, 0.3) is 0 Å². The van der Waals surface area contributed by atoms with Crippen LogP contribution in [0, 0.1) is 0 Å². The molecule has 0 radical (unpaired) electrons. The minimum absolute atomic E-state index is 0.0559. The number of rotatable bonds is 5. The second kappa shape index (κ2) is 5.12. The molecule has 0 saturated carbocycles. The zero-order chi connectivity index (χ0) is 11.4. The number of nitrogens with one attached hydrogen (secondary N) is 2. The van der Waals surface area contributed by atoms with E-state index in [0.29, 0.717) is 6.54 Å². The number of hydrogen-bond donors (Lipinski definition) is 4. The molecule has 0 saturated heterocycles. The zero-order valence-corrected chi connectivity index (χ0v) is 8.98. The molecule has 86 valence electrons. The molecule has 4 nitrogen and oxygen atoms in total. The van der Waals surface area contributed by atoms with Gasteiger partial charge in [-0.15, -0.1) is 0 Å². The largest absolute Gasteiger partial charge is 0.395 e. The highest BCUT2D eigenvalue weighted by molar-refractivity contribution is 5.82. The Kier molecular flexibility index (Phi) is 3.56. The first kappa shape index (κ1) is 11.1. The Balaban J connectivity index is 2.11. The topological polar surface area (TPSA) is 68.3 Å². The van der Waals surface area contributed by atoms with Crippen molar-refractivity contribution in [3.05, 3.63) is 36.0 Å². The minimum atomic E-state index is -0.255. The van der Waals surface area contributed by atoms with E-state index >= 15 is 0 Å². The molecule has 4 N–H and O–H groups in total. The van der Waals surface area contributed by atoms with Crippen LogP contribution in [-0.4, -0.2) is 34.5 Å². The second-order valence-corrected chi connectivity index (χ2v) is 3.80. The van der Waals surface area contributed by atoms with Crippen LogP contribution in [0.15, 0.2) is 30.5 Å². The first-order chi connectivity index (χ1) is 7.85. The van der Waals surface area contributed by atoms with E-state index in [0.717, 1.165) is 11.1 Å². The number of aromatic amines is 1. The maximum Gasteiger partial charge on any atom is 0.0607 e. The Morgan fingerprint density at radius 1 is 1.19 bits per heavy atom. The van der Waals surface area contributed by atoms with Crippen LogP contribution in [0.2, 0.25) is 0 Å². The molecule has 1 aromatic heterocycles. The SMILES string of the molecule is OCC(CO)NCc1cccc2[nH]ccc12. The molecule has 16 heavy (non-hydrogen) atoms. The molecular weight excluding hydrogens is 204 g/mol. The molecule has 0 unspecified atom stereocenters. The number of aliphatic hydroxyl groups excluding tert-OH is 2. The van der Waals surface area contributed by atoms with Gasteiger partial charge in [0.2, 0.25) is 0 Å². The summed E-state index contributed by atoms with van der Waals surface area (Å²) in [6.45, 7) is 0.528. The predicted molar refractivity (Wildman–Crippen MR) is 63.1 cm³/mol. The first-order valence-electron chi connectivity index (χ1n) is 5.35. The van der Waals surface area contributed by atoms with Crippen molar-refractivity contribution in [1.29, 1.82) is 0 Å². The molecule has 0 aliphatic rings. The van der Waals surface area contributed by atoms with Crippen molar-refractivity contribution in [2.24, 2.45) is 0 Å². The van der Waals surface area contributed by atoms with E-state index in [-0.39, 0.29) is 19.3 Å². The normalized spacial score (nSPS) is 11.4. The molecular formula is C12H16N2O2. The summed E-state index contributed by atoms with van der Waals surface area (Å²) in [7, 11) is 0. The number of fused-ring (bicyclic) bond motifs is 1. The van der Waals surface area contributed by atoms with Crippen molar-refractivity contribution in [1.82, 2.24) is 10.3 Å². The lowest BCUT2D eigenvalue weighted by Gasteiger charge is -2.13. The van der Waals surface area contributed by atoms with Crippen molar-refractivity contribution >= 4 is 10.9 Å². The van der Waals surface area contributed by atoms with E-state index in [4.69, 9.17) is 10.2 Å². The van der Waals surface area contributed by atoms with Crippen LogP contribution in [0.25, 0.3) is 10.9 Å². The van der Waals surface area contributed by atoms with Gasteiger partial charge in [0, 0.05) is 23.6 Å². The summed E-state index contributed by atoms with van der Waals surface area (Å²) in [6, 6.07) is 7.82. The fourth-order valence-electron chi connectivity index (χ4n) is 1.75. The lowest BCUT2D eigenvalue weighted by Crippen LogP contribution is -2.35. The average molecular weight is 220 g/mol. The van der Waals surface area contributed by atoms with E-state index in [1.54, 1.807) is 0 Å². The molecule has 0 aliphatic heterocycles. The van der Waals surface area contributed by atoms with Crippen molar-refractivity contribution in [3.63, 3.8) is 0 Å². The molecule has 2 rings (SSSR count). The van der Waals surface area contributed by atoms with Crippen LogP contribution in [0.5, 0.6) is 0 Å². The fourth-order valence-corrected chi connectivity index (χ4v) is 1.75. The molecule has 0 amide bonds. The lowest BCUT2D eigenvalue weighted by atomic mass is 10.1. The number of aromatic nitrogens is 1. The third-order valence-electron chi connectivity index (χ3n) is 2.71. The van der Waals surface area contributed by atoms with Crippen molar-refractivity contribution in [2.45, 2.75) is 12.6 Å². The van der Waals surface area contributed by atoms with Crippen molar-refractivity contribution < 1.29 is 10.2 Å². The van der Waals surface area contributed by atoms with Gasteiger partial charge in [-0.25, -0.2) is 0 Å².